The highest BCUT2D eigenvalue weighted by atomic mass is 16.5. The van der Waals surface area contributed by atoms with Gasteiger partial charge in [-0.15, -0.1) is 0 Å². The second kappa shape index (κ2) is 11.9. The normalized spacial score (nSPS) is 11.2. The molecule has 3 rings (SSSR count). The Hall–Kier alpha value is -3.14. The summed E-state index contributed by atoms with van der Waals surface area (Å²) in [5.74, 6) is 0.779. The molecular formula is C27H32N2O2. The largest absolute Gasteiger partial charge is 0.496 e. The molecule has 1 aromatic heterocycles. The number of pyridine rings is 1. The van der Waals surface area contributed by atoms with Crippen molar-refractivity contribution in [2.24, 2.45) is 0 Å². The Bertz CT molecular complexity index is 1010. The van der Waals surface area contributed by atoms with Crippen LogP contribution in [0.5, 0.6) is 5.75 Å². The summed E-state index contributed by atoms with van der Waals surface area (Å²) in [6, 6.07) is 14.4. The molecule has 3 aromatic rings. The Labute approximate surface area is 185 Å². The number of carbonyl (C=O) groups excluding carboxylic acids is 1. The molecule has 0 aliphatic heterocycles. The SMILES string of the molecule is CCCCc1c(/C=C/C(=O)NCCCCc2cccnc2)cc(OC)c2ccccc12. The quantitative estimate of drug-likeness (QED) is 0.320. The number of nitrogens with one attached hydrogen (secondary N) is 1. The maximum Gasteiger partial charge on any atom is 0.243 e. The van der Waals surface area contributed by atoms with Crippen molar-refractivity contribution in [3.05, 3.63) is 77.6 Å². The van der Waals surface area contributed by atoms with Gasteiger partial charge in [-0.3, -0.25) is 9.78 Å². The highest BCUT2D eigenvalue weighted by Gasteiger charge is 2.11. The van der Waals surface area contributed by atoms with Crippen LogP contribution in [-0.2, 0) is 17.6 Å². The summed E-state index contributed by atoms with van der Waals surface area (Å²) in [4.78, 5) is 16.5. The third-order valence-corrected chi connectivity index (χ3v) is 5.48. The molecule has 0 saturated carbocycles. The fourth-order valence-electron chi connectivity index (χ4n) is 3.81. The van der Waals surface area contributed by atoms with E-state index in [0.29, 0.717) is 6.54 Å². The van der Waals surface area contributed by atoms with Crippen LogP contribution in [0.3, 0.4) is 0 Å². The Morgan fingerprint density at radius 2 is 1.90 bits per heavy atom. The second-order valence-corrected chi connectivity index (χ2v) is 7.74. The number of hydrogen-bond acceptors (Lipinski definition) is 3. The fraction of sp³-hybridized carbons (Fsp3) is 0.333. The summed E-state index contributed by atoms with van der Waals surface area (Å²) in [5.41, 5.74) is 3.56. The molecule has 0 aliphatic rings. The topological polar surface area (TPSA) is 51.2 Å². The zero-order chi connectivity index (χ0) is 21.9. The average Bonchev–Trinajstić information content (AvgIpc) is 2.81. The molecule has 4 nitrogen and oxygen atoms in total. The zero-order valence-electron chi connectivity index (χ0n) is 18.6. The van der Waals surface area contributed by atoms with Gasteiger partial charge in [-0.25, -0.2) is 0 Å². The van der Waals surface area contributed by atoms with Crippen LogP contribution in [0.2, 0.25) is 0 Å². The van der Waals surface area contributed by atoms with E-state index >= 15 is 0 Å². The first-order valence-corrected chi connectivity index (χ1v) is 11.2. The van der Waals surface area contributed by atoms with E-state index in [4.69, 9.17) is 4.74 Å². The molecule has 0 unspecified atom stereocenters. The number of ether oxygens (including phenoxy) is 1. The van der Waals surface area contributed by atoms with Gasteiger partial charge in [0.1, 0.15) is 5.75 Å². The molecule has 162 valence electrons. The van der Waals surface area contributed by atoms with Crippen LogP contribution >= 0.6 is 0 Å². The molecule has 2 aromatic carbocycles. The number of unbranched alkanes of at least 4 members (excludes halogenated alkanes) is 2. The van der Waals surface area contributed by atoms with Gasteiger partial charge in [0.2, 0.25) is 5.91 Å². The summed E-state index contributed by atoms with van der Waals surface area (Å²) in [6.07, 6.45) is 13.4. The Kier molecular flexibility index (Phi) is 8.65. The van der Waals surface area contributed by atoms with Gasteiger partial charge in [0.25, 0.3) is 0 Å². The predicted molar refractivity (Wildman–Crippen MR) is 128 cm³/mol. The van der Waals surface area contributed by atoms with Crippen LogP contribution in [0.15, 0.2) is 60.9 Å². The molecule has 0 spiro atoms. The minimum Gasteiger partial charge on any atom is -0.496 e. The lowest BCUT2D eigenvalue weighted by Crippen LogP contribution is -2.22. The lowest BCUT2D eigenvalue weighted by atomic mass is 9.94. The van der Waals surface area contributed by atoms with Crippen molar-refractivity contribution >= 4 is 22.8 Å². The van der Waals surface area contributed by atoms with E-state index in [1.807, 2.05) is 30.5 Å². The fourth-order valence-corrected chi connectivity index (χ4v) is 3.81. The van der Waals surface area contributed by atoms with Crippen LogP contribution in [0, 0.1) is 0 Å². The number of rotatable bonds is 11. The Balaban J connectivity index is 1.63. The Morgan fingerprint density at radius 1 is 1.06 bits per heavy atom. The molecule has 0 atom stereocenters. The molecule has 1 heterocycles. The molecule has 1 N–H and O–H groups in total. The molecule has 0 aliphatic carbocycles. The van der Waals surface area contributed by atoms with Gasteiger partial charge in [0.15, 0.2) is 0 Å². The van der Waals surface area contributed by atoms with Gasteiger partial charge in [-0.05, 0) is 72.4 Å². The van der Waals surface area contributed by atoms with E-state index in [2.05, 4.69) is 41.5 Å². The third-order valence-electron chi connectivity index (χ3n) is 5.48. The minimum atomic E-state index is -0.0602. The van der Waals surface area contributed by atoms with Crippen molar-refractivity contribution in [1.29, 1.82) is 0 Å². The predicted octanol–water partition coefficient (Wildman–Crippen LogP) is 5.74. The summed E-state index contributed by atoms with van der Waals surface area (Å²) in [7, 11) is 1.69. The Morgan fingerprint density at radius 3 is 2.65 bits per heavy atom. The van der Waals surface area contributed by atoms with Crippen molar-refractivity contribution in [3.63, 3.8) is 0 Å². The van der Waals surface area contributed by atoms with Crippen molar-refractivity contribution in [3.8, 4) is 5.75 Å². The molecule has 31 heavy (non-hydrogen) atoms. The third kappa shape index (κ3) is 6.42. The lowest BCUT2D eigenvalue weighted by Gasteiger charge is -2.14. The second-order valence-electron chi connectivity index (χ2n) is 7.74. The number of fused-ring (bicyclic) bond motifs is 1. The number of carbonyl (C=O) groups is 1. The van der Waals surface area contributed by atoms with E-state index in [0.717, 1.165) is 55.2 Å². The van der Waals surface area contributed by atoms with Crippen molar-refractivity contribution < 1.29 is 9.53 Å². The summed E-state index contributed by atoms with van der Waals surface area (Å²) in [5, 5.41) is 5.31. The van der Waals surface area contributed by atoms with E-state index in [-0.39, 0.29) is 5.91 Å². The molecule has 4 heteroatoms. The smallest absolute Gasteiger partial charge is 0.243 e. The van der Waals surface area contributed by atoms with Crippen LogP contribution in [0.1, 0.15) is 49.3 Å². The van der Waals surface area contributed by atoms with Crippen molar-refractivity contribution in [2.75, 3.05) is 13.7 Å². The first-order chi connectivity index (χ1) is 15.2. The van der Waals surface area contributed by atoms with Gasteiger partial charge in [0, 0.05) is 30.4 Å². The molecule has 0 saturated heterocycles. The van der Waals surface area contributed by atoms with E-state index in [9.17, 15) is 4.79 Å². The van der Waals surface area contributed by atoms with Gasteiger partial charge < -0.3 is 10.1 Å². The molecule has 0 radical (unpaired) electrons. The number of nitrogens with zero attached hydrogens (tertiary/aromatic N) is 1. The summed E-state index contributed by atoms with van der Waals surface area (Å²) in [6.45, 7) is 2.87. The minimum absolute atomic E-state index is 0.0602. The van der Waals surface area contributed by atoms with E-state index in [1.165, 1.54) is 16.5 Å². The lowest BCUT2D eigenvalue weighted by molar-refractivity contribution is -0.116. The van der Waals surface area contributed by atoms with Gasteiger partial charge in [-0.1, -0.05) is 43.7 Å². The number of aryl methyl sites for hydroxylation is 2. The standard InChI is InChI=1S/C27H32N2O2/c1-3-4-12-23-22(19-26(31-2)25-14-6-5-13-24(23)25)15-16-27(30)29-18-8-7-10-21-11-9-17-28-20-21/h5-6,9,11,13-17,19-20H,3-4,7-8,10,12,18H2,1-2H3,(H,29,30)/b16-15+. The number of aromatic nitrogens is 1. The van der Waals surface area contributed by atoms with Crippen LogP contribution in [0.25, 0.3) is 16.8 Å². The van der Waals surface area contributed by atoms with Crippen LogP contribution in [-0.4, -0.2) is 24.5 Å². The number of hydrogen-bond donors (Lipinski definition) is 1. The highest BCUT2D eigenvalue weighted by Crippen LogP contribution is 2.33. The summed E-state index contributed by atoms with van der Waals surface area (Å²) >= 11 is 0. The first kappa shape index (κ1) is 22.5. The molecular weight excluding hydrogens is 384 g/mol. The van der Waals surface area contributed by atoms with E-state index in [1.54, 1.807) is 19.4 Å². The zero-order valence-corrected chi connectivity index (χ0v) is 18.6. The van der Waals surface area contributed by atoms with Gasteiger partial charge >= 0.3 is 0 Å². The molecule has 0 bridgehead atoms. The monoisotopic (exact) mass is 416 g/mol. The van der Waals surface area contributed by atoms with Crippen LogP contribution in [0.4, 0.5) is 0 Å². The van der Waals surface area contributed by atoms with Crippen molar-refractivity contribution in [2.45, 2.75) is 45.4 Å². The maximum absolute atomic E-state index is 12.4. The van der Waals surface area contributed by atoms with Crippen LogP contribution < -0.4 is 10.1 Å². The van der Waals surface area contributed by atoms with Gasteiger partial charge in [-0.2, -0.15) is 0 Å². The average molecular weight is 417 g/mol. The molecule has 0 fully saturated rings. The maximum atomic E-state index is 12.4. The van der Waals surface area contributed by atoms with E-state index < -0.39 is 0 Å². The number of benzene rings is 2. The highest BCUT2D eigenvalue weighted by molar-refractivity contribution is 5.96. The first-order valence-electron chi connectivity index (χ1n) is 11.2. The van der Waals surface area contributed by atoms with Crippen molar-refractivity contribution in [1.82, 2.24) is 10.3 Å². The number of methoxy groups -OCH3 is 1. The summed E-state index contributed by atoms with van der Waals surface area (Å²) < 4.78 is 5.62. The van der Waals surface area contributed by atoms with Gasteiger partial charge in [0.05, 0.1) is 7.11 Å². The number of amides is 1. The molecule has 1 amide bonds.